The van der Waals surface area contributed by atoms with Gasteiger partial charge in [0.05, 0.1) is 10.0 Å². The predicted octanol–water partition coefficient (Wildman–Crippen LogP) is 3.94. The second kappa shape index (κ2) is 4.86. The first-order valence-corrected chi connectivity index (χ1v) is 8.02. The zero-order valence-corrected chi connectivity index (χ0v) is 11.6. The Labute approximate surface area is 111 Å². The number of hydrogen-bond donors (Lipinski definition) is 0. The summed E-state index contributed by atoms with van der Waals surface area (Å²) in [7, 11) is -2.74. The average Bonchev–Trinajstić information content (AvgIpc) is 2.29. The molecule has 88 valence electrons. The van der Waals surface area contributed by atoms with E-state index in [0.717, 1.165) is 0 Å². The first-order chi connectivity index (χ1) is 8.03. The predicted molar refractivity (Wildman–Crippen MR) is 75.7 cm³/mol. The lowest BCUT2D eigenvalue weighted by atomic mass is 10.4. The summed E-state index contributed by atoms with van der Waals surface area (Å²) in [6.45, 7) is 1.69. The minimum atomic E-state index is -2.74. The van der Waals surface area contributed by atoms with Crippen LogP contribution in [0, 0.1) is 0 Å². The van der Waals surface area contributed by atoms with Crippen molar-refractivity contribution in [2.24, 2.45) is 0 Å². The van der Waals surface area contributed by atoms with E-state index >= 15 is 0 Å². The van der Waals surface area contributed by atoms with Gasteiger partial charge < -0.3 is 4.57 Å². The summed E-state index contributed by atoms with van der Waals surface area (Å²) < 4.78 is 12.9. The first kappa shape index (κ1) is 12.7. The van der Waals surface area contributed by atoms with Crippen LogP contribution in [-0.2, 0) is 4.57 Å². The average molecular weight is 285 g/mol. The Morgan fingerprint density at radius 2 is 1.18 bits per heavy atom. The molecule has 0 bridgehead atoms. The fourth-order valence-electron chi connectivity index (χ4n) is 1.73. The van der Waals surface area contributed by atoms with Crippen LogP contribution in [0.2, 0.25) is 10.0 Å². The van der Waals surface area contributed by atoms with Crippen molar-refractivity contribution in [1.82, 2.24) is 0 Å². The molecule has 0 aliphatic carbocycles. The molecule has 0 spiro atoms. The van der Waals surface area contributed by atoms with Crippen molar-refractivity contribution in [1.29, 1.82) is 0 Å². The Morgan fingerprint density at radius 1 is 0.824 bits per heavy atom. The van der Waals surface area contributed by atoms with Crippen LogP contribution in [0.25, 0.3) is 0 Å². The number of hydrogen-bond acceptors (Lipinski definition) is 1. The highest BCUT2D eigenvalue weighted by Crippen LogP contribution is 2.42. The van der Waals surface area contributed by atoms with Crippen molar-refractivity contribution in [3.05, 3.63) is 58.6 Å². The van der Waals surface area contributed by atoms with Gasteiger partial charge in [-0.15, -0.1) is 0 Å². The molecule has 0 radical (unpaired) electrons. The molecule has 4 heteroatoms. The normalized spacial score (nSPS) is 11.5. The van der Waals surface area contributed by atoms with E-state index in [9.17, 15) is 4.57 Å². The molecule has 0 saturated heterocycles. The summed E-state index contributed by atoms with van der Waals surface area (Å²) in [6.07, 6.45) is 0. The lowest BCUT2D eigenvalue weighted by Crippen LogP contribution is -2.16. The summed E-state index contributed by atoms with van der Waals surface area (Å²) in [4.78, 5) is 0. The second-order valence-electron chi connectivity index (χ2n) is 3.83. The lowest BCUT2D eigenvalue weighted by Gasteiger charge is -2.16. The standard InChI is InChI=1S/C13H11Cl2OP/c1-17(16,12-8-4-2-6-10(12)14)13-9-5-3-7-11(13)15/h2-9H,1H3. The summed E-state index contributed by atoms with van der Waals surface area (Å²) in [5, 5.41) is 2.32. The molecule has 0 aliphatic heterocycles. The summed E-state index contributed by atoms with van der Waals surface area (Å²) in [5.41, 5.74) is 0. The van der Waals surface area contributed by atoms with Crippen LogP contribution in [0.3, 0.4) is 0 Å². The Morgan fingerprint density at radius 3 is 1.53 bits per heavy atom. The zero-order valence-electron chi connectivity index (χ0n) is 9.23. The smallest absolute Gasteiger partial charge is 0.143 e. The molecule has 0 atom stereocenters. The van der Waals surface area contributed by atoms with Gasteiger partial charge in [-0.25, -0.2) is 0 Å². The third-order valence-electron chi connectivity index (χ3n) is 2.62. The van der Waals surface area contributed by atoms with Crippen molar-refractivity contribution in [3.63, 3.8) is 0 Å². The maximum Gasteiger partial charge on any atom is 0.143 e. The van der Waals surface area contributed by atoms with Gasteiger partial charge >= 0.3 is 0 Å². The van der Waals surface area contributed by atoms with Gasteiger partial charge in [0, 0.05) is 10.6 Å². The van der Waals surface area contributed by atoms with Crippen LogP contribution in [0.15, 0.2) is 48.5 Å². The van der Waals surface area contributed by atoms with E-state index in [2.05, 4.69) is 0 Å². The minimum absolute atomic E-state index is 0.512. The Hall–Kier alpha value is -0.750. The maximum absolute atomic E-state index is 12.9. The van der Waals surface area contributed by atoms with E-state index in [0.29, 0.717) is 20.7 Å². The van der Waals surface area contributed by atoms with Gasteiger partial charge in [0.2, 0.25) is 0 Å². The molecular formula is C13H11Cl2OP. The monoisotopic (exact) mass is 284 g/mol. The highest BCUT2D eigenvalue weighted by atomic mass is 35.5. The SMILES string of the molecule is CP(=O)(c1ccccc1Cl)c1ccccc1Cl. The third kappa shape index (κ3) is 2.42. The first-order valence-electron chi connectivity index (χ1n) is 5.11. The molecule has 0 heterocycles. The highest BCUT2D eigenvalue weighted by Gasteiger charge is 2.25. The van der Waals surface area contributed by atoms with Crippen LogP contribution >= 0.6 is 30.3 Å². The molecule has 1 nitrogen and oxygen atoms in total. The van der Waals surface area contributed by atoms with Gasteiger partial charge in [0.25, 0.3) is 0 Å². The Balaban J connectivity index is 2.63. The van der Waals surface area contributed by atoms with E-state index < -0.39 is 7.14 Å². The van der Waals surface area contributed by atoms with Gasteiger partial charge in [-0.05, 0) is 30.9 Å². The topological polar surface area (TPSA) is 17.1 Å². The number of halogens is 2. The molecule has 0 aliphatic rings. The van der Waals surface area contributed by atoms with Crippen molar-refractivity contribution in [2.75, 3.05) is 6.66 Å². The van der Waals surface area contributed by atoms with Crippen LogP contribution < -0.4 is 10.6 Å². The fraction of sp³-hybridized carbons (Fsp3) is 0.0769. The molecule has 17 heavy (non-hydrogen) atoms. The van der Waals surface area contributed by atoms with Crippen LogP contribution in [0.4, 0.5) is 0 Å². The quantitative estimate of drug-likeness (QED) is 0.764. The molecule has 0 fully saturated rings. The van der Waals surface area contributed by atoms with Gasteiger partial charge in [-0.1, -0.05) is 47.5 Å². The molecule has 0 amide bonds. The third-order valence-corrected chi connectivity index (χ3v) is 6.17. The molecule has 2 rings (SSSR count). The molecule has 2 aromatic carbocycles. The minimum Gasteiger partial charge on any atom is -0.314 e. The maximum atomic E-state index is 12.9. The van der Waals surface area contributed by atoms with Crippen molar-refractivity contribution < 1.29 is 4.57 Å². The Bertz CT molecular complexity index is 546. The van der Waals surface area contributed by atoms with Gasteiger partial charge in [-0.2, -0.15) is 0 Å². The van der Waals surface area contributed by atoms with Gasteiger partial charge in [-0.3, -0.25) is 0 Å². The summed E-state index contributed by atoms with van der Waals surface area (Å²) in [5.74, 6) is 0. The van der Waals surface area contributed by atoms with E-state index in [1.807, 2.05) is 24.3 Å². The van der Waals surface area contributed by atoms with E-state index in [-0.39, 0.29) is 0 Å². The van der Waals surface area contributed by atoms with Crippen LogP contribution in [0.1, 0.15) is 0 Å². The summed E-state index contributed by atoms with van der Waals surface area (Å²) in [6, 6.07) is 14.3. The van der Waals surface area contributed by atoms with Crippen LogP contribution in [0.5, 0.6) is 0 Å². The number of rotatable bonds is 2. The van der Waals surface area contributed by atoms with Gasteiger partial charge in [0.1, 0.15) is 7.14 Å². The van der Waals surface area contributed by atoms with Crippen molar-refractivity contribution in [3.8, 4) is 0 Å². The molecule has 0 saturated carbocycles. The molecular weight excluding hydrogens is 274 g/mol. The van der Waals surface area contributed by atoms with Gasteiger partial charge in [0.15, 0.2) is 0 Å². The fourth-order valence-corrected chi connectivity index (χ4v) is 4.93. The molecule has 0 unspecified atom stereocenters. The zero-order chi connectivity index (χ0) is 12.5. The van der Waals surface area contributed by atoms with Crippen LogP contribution in [-0.4, -0.2) is 6.66 Å². The summed E-state index contributed by atoms with van der Waals surface area (Å²) >= 11 is 12.2. The lowest BCUT2D eigenvalue weighted by molar-refractivity contribution is 0.590. The van der Waals surface area contributed by atoms with Crippen molar-refractivity contribution >= 4 is 41.0 Å². The van der Waals surface area contributed by atoms with E-state index in [1.165, 1.54) is 0 Å². The number of benzene rings is 2. The van der Waals surface area contributed by atoms with Crippen molar-refractivity contribution in [2.45, 2.75) is 0 Å². The Kier molecular flexibility index (Phi) is 3.63. The highest BCUT2D eigenvalue weighted by molar-refractivity contribution is 7.78. The molecule has 0 N–H and O–H groups in total. The molecule has 2 aromatic rings. The van der Waals surface area contributed by atoms with E-state index in [1.54, 1.807) is 30.9 Å². The second-order valence-corrected chi connectivity index (χ2v) is 7.45. The largest absolute Gasteiger partial charge is 0.314 e. The molecule has 0 aromatic heterocycles. The van der Waals surface area contributed by atoms with E-state index in [4.69, 9.17) is 23.2 Å².